The number of nitrogen functional groups attached to an aromatic ring is 1. The molecule has 2 rings (SSSR count). The number of aromatic nitrogens is 2. The van der Waals surface area contributed by atoms with Crippen LogP contribution in [0.2, 0.25) is 0 Å². The van der Waals surface area contributed by atoms with Gasteiger partial charge in [0.1, 0.15) is 11.6 Å². The van der Waals surface area contributed by atoms with Crippen molar-refractivity contribution in [3.63, 3.8) is 0 Å². The third-order valence-corrected chi connectivity index (χ3v) is 3.01. The van der Waals surface area contributed by atoms with Crippen molar-refractivity contribution in [1.82, 2.24) is 9.97 Å². The van der Waals surface area contributed by atoms with Crippen LogP contribution in [0.5, 0.6) is 0 Å². The second-order valence-corrected chi connectivity index (χ2v) is 4.46. The van der Waals surface area contributed by atoms with Crippen molar-refractivity contribution in [2.24, 2.45) is 5.92 Å². The molecule has 4 N–H and O–H groups in total. The highest BCUT2D eigenvalue weighted by atomic mass is 16.5. The summed E-state index contributed by atoms with van der Waals surface area (Å²) < 4.78 is 5.34. The van der Waals surface area contributed by atoms with Gasteiger partial charge in [0, 0.05) is 32.4 Å². The molecule has 1 fully saturated rings. The number of hydrogen-bond donors (Lipinski definition) is 3. The summed E-state index contributed by atoms with van der Waals surface area (Å²) in [6, 6.07) is 1.89. The van der Waals surface area contributed by atoms with Crippen LogP contribution >= 0.6 is 0 Å². The Morgan fingerprint density at radius 2 is 1.94 bits per heavy atom. The van der Waals surface area contributed by atoms with Crippen molar-refractivity contribution < 1.29 is 4.74 Å². The summed E-state index contributed by atoms with van der Waals surface area (Å²) in [7, 11) is 0. The van der Waals surface area contributed by atoms with Crippen LogP contribution < -0.4 is 16.4 Å². The van der Waals surface area contributed by atoms with Crippen molar-refractivity contribution >= 4 is 17.6 Å². The standard InChI is InChI=1S/C12H21N5O/c1-2-14-10-7-11(17-12(13)16-10)15-8-9-3-5-18-6-4-9/h7,9H,2-6,8H2,1H3,(H4,13,14,15,16,17). The van der Waals surface area contributed by atoms with E-state index in [1.54, 1.807) is 0 Å². The van der Waals surface area contributed by atoms with E-state index in [1.807, 2.05) is 13.0 Å². The lowest BCUT2D eigenvalue weighted by Crippen LogP contribution is -2.23. The lowest BCUT2D eigenvalue weighted by atomic mass is 10.0. The van der Waals surface area contributed by atoms with Crippen LogP contribution in [0.3, 0.4) is 0 Å². The molecule has 18 heavy (non-hydrogen) atoms. The predicted octanol–water partition coefficient (Wildman–Crippen LogP) is 1.33. The van der Waals surface area contributed by atoms with E-state index in [0.29, 0.717) is 11.9 Å². The number of nitrogens with one attached hydrogen (secondary N) is 2. The average molecular weight is 251 g/mol. The van der Waals surface area contributed by atoms with Gasteiger partial charge in [0.05, 0.1) is 0 Å². The van der Waals surface area contributed by atoms with E-state index in [4.69, 9.17) is 10.5 Å². The minimum Gasteiger partial charge on any atom is -0.381 e. The van der Waals surface area contributed by atoms with Gasteiger partial charge in [0.15, 0.2) is 0 Å². The van der Waals surface area contributed by atoms with Gasteiger partial charge in [-0.3, -0.25) is 0 Å². The predicted molar refractivity (Wildman–Crippen MR) is 72.6 cm³/mol. The molecular weight excluding hydrogens is 230 g/mol. The first kappa shape index (κ1) is 12.9. The Morgan fingerprint density at radius 1 is 1.28 bits per heavy atom. The summed E-state index contributed by atoms with van der Waals surface area (Å²) >= 11 is 0. The lowest BCUT2D eigenvalue weighted by molar-refractivity contribution is 0.0699. The molecule has 1 aliphatic rings. The third kappa shape index (κ3) is 3.73. The Bertz CT molecular complexity index is 379. The molecule has 1 aromatic heterocycles. The molecule has 6 nitrogen and oxygen atoms in total. The highest BCUT2D eigenvalue weighted by Crippen LogP contribution is 2.17. The highest BCUT2D eigenvalue weighted by molar-refractivity contribution is 5.50. The van der Waals surface area contributed by atoms with Gasteiger partial charge in [0.2, 0.25) is 5.95 Å². The molecule has 0 spiro atoms. The lowest BCUT2D eigenvalue weighted by Gasteiger charge is -2.22. The van der Waals surface area contributed by atoms with Crippen molar-refractivity contribution in [3.8, 4) is 0 Å². The first-order valence-electron chi connectivity index (χ1n) is 6.48. The van der Waals surface area contributed by atoms with Crippen molar-refractivity contribution in [3.05, 3.63) is 6.07 Å². The molecule has 1 saturated heterocycles. The molecule has 0 aliphatic carbocycles. The first-order chi connectivity index (χ1) is 8.78. The van der Waals surface area contributed by atoms with E-state index in [2.05, 4.69) is 20.6 Å². The van der Waals surface area contributed by atoms with Crippen LogP contribution in [0, 0.1) is 5.92 Å². The fourth-order valence-corrected chi connectivity index (χ4v) is 2.03. The van der Waals surface area contributed by atoms with Crippen molar-refractivity contribution in [2.45, 2.75) is 19.8 Å². The van der Waals surface area contributed by atoms with Crippen molar-refractivity contribution in [2.75, 3.05) is 42.7 Å². The third-order valence-electron chi connectivity index (χ3n) is 3.01. The minimum absolute atomic E-state index is 0.294. The Morgan fingerprint density at radius 3 is 2.61 bits per heavy atom. The molecule has 0 bridgehead atoms. The molecule has 0 atom stereocenters. The molecule has 6 heteroatoms. The Hall–Kier alpha value is -1.56. The Balaban J connectivity index is 1.91. The van der Waals surface area contributed by atoms with E-state index >= 15 is 0 Å². The van der Waals surface area contributed by atoms with Crippen LogP contribution in [-0.4, -0.2) is 36.3 Å². The Labute approximate surface area is 107 Å². The summed E-state index contributed by atoms with van der Waals surface area (Å²) in [6.45, 7) is 5.47. The van der Waals surface area contributed by atoms with Crippen LogP contribution in [0.4, 0.5) is 17.6 Å². The second kappa shape index (κ2) is 6.39. The van der Waals surface area contributed by atoms with E-state index < -0.39 is 0 Å². The first-order valence-corrected chi connectivity index (χ1v) is 6.48. The smallest absolute Gasteiger partial charge is 0.223 e. The molecule has 2 heterocycles. The van der Waals surface area contributed by atoms with E-state index in [1.165, 1.54) is 0 Å². The summed E-state index contributed by atoms with van der Waals surface area (Å²) in [6.07, 6.45) is 2.21. The van der Waals surface area contributed by atoms with E-state index in [9.17, 15) is 0 Å². The van der Waals surface area contributed by atoms with E-state index in [0.717, 1.165) is 50.8 Å². The van der Waals surface area contributed by atoms with Gasteiger partial charge < -0.3 is 21.1 Å². The monoisotopic (exact) mass is 251 g/mol. The number of nitrogens with two attached hydrogens (primary N) is 1. The summed E-state index contributed by atoms with van der Waals surface area (Å²) in [5.41, 5.74) is 5.68. The zero-order valence-corrected chi connectivity index (χ0v) is 10.8. The maximum Gasteiger partial charge on any atom is 0.223 e. The molecular formula is C12H21N5O. The largest absolute Gasteiger partial charge is 0.381 e. The summed E-state index contributed by atoms with van der Waals surface area (Å²) in [5, 5.41) is 6.46. The molecule has 1 aliphatic heterocycles. The van der Waals surface area contributed by atoms with Crippen LogP contribution in [0.15, 0.2) is 6.07 Å². The number of ether oxygens (including phenoxy) is 1. The van der Waals surface area contributed by atoms with Crippen LogP contribution in [0.1, 0.15) is 19.8 Å². The molecule has 0 aromatic carbocycles. The Kier molecular flexibility index (Phi) is 4.58. The maximum atomic E-state index is 5.68. The zero-order chi connectivity index (χ0) is 12.8. The molecule has 0 amide bonds. The van der Waals surface area contributed by atoms with Gasteiger partial charge in [-0.05, 0) is 25.7 Å². The minimum atomic E-state index is 0.294. The average Bonchev–Trinajstić information content (AvgIpc) is 2.37. The quantitative estimate of drug-likeness (QED) is 0.732. The van der Waals surface area contributed by atoms with Gasteiger partial charge >= 0.3 is 0 Å². The molecule has 0 saturated carbocycles. The normalized spacial score (nSPS) is 16.5. The van der Waals surface area contributed by atoms with Crippen LogP contribution in [-0.2, 0) is 4.74 Å². The molecule has 100 valence electrons. The number of rotatable bonds is 5. The molecule has 0 unspecified atom stereocenters. The topological polar surface area (TPSA) is 85.1 Å². The second-order valence-electron chi connectivity index (χ2n) is 4.46. The van der Waals surface area contributed by atoms with Gasteiger partial charge in [-0.2, -0.15) is 9.97 Å². The zero-order valence-electron chi connectivity index (χ0n) is 10.8. The number of hydrogen-bond acceptors (Lipinski definition) is 6. The molecule has 1 aromatic rings. The van der Waals surface area contributed by atoms with E-state index in [-0.39, 0.29) is 0 Å². The maximum absolute atomic E-state index is 5.68. The number of nitrogens with zero attached hydrogens (tertiary/aromatic N) is 2. The highest BCUT2D eigenvalue weighted by Gasteiger charge is 2.13. The SMILES string of the molecule is CCNc1cc(NCC2CCOCC2)nc(N)n1. The fraction of sp³-hybridized carbons (Fsp3) is 0.667. The number of anilines is 3. The molecule has 0 radical (unpaired) electrons. The van der Waals surface area contributed by atoms with Crippen molar-refractivity contribution in [1.29, 1.82) is 0 Å². The van der Waals surface area contributed by atoms with Gasteiger partial charge in [0.25, 0.3) is 0 Å². The summed E-state index contributed by atoms with van der Waals surface area (Å²) in [5.74, 6) is 2.49. The summed E-state index contributed by atoms with van der Waals surface area (Å²) in [4.78, 5) is 8.30. The van der Waals surface area contributed by atoms with Gasteiger partial charge in [-0.1, -0.05) is 0 Å². The van der Waals surface area contributed by atoms with Crippen LogP contribution in [0.25, 0.3) is 0 Å². The van der Waals surface area contributed by atoms with Gasteiger partial charge in [-0.15, -0.1) is 0 Å². The fourth-order valence-electron chi connectivity index (χ4n) is 2.03. The van der Waals surface area contributed by atoms with Gasteiger partial charge in [-0.25, -0.2) is 0 Å².